The van der Waals surface area contributed by atoms with Gasteiger partial charge in [0.25, 0.3) is 0 Å². The highest BCUT2D eigenvalue weighted by molar-refractivity contribution is 7.89. The normalized spacial score (nSPS) is 23.2. The molecule has 2 aliphatic rings. The molecule has 22 heavy (non-hydrogen) atoms. The SMILES string of the molecule is CNS(=O)(=O)c1ccc2c(c1)N(C(=O)[C@H]1C[C@H]1C(=O)O)CC2. The van der Waals surface area contributed by atoms with Crippen LogP contribution in [0.25, 0.3) is 0 Å². The maximum atomic E-state index is 12.4. The molecule has 1 aliphatic heterocycles. The third-order valence-corrected chi connectivity index (χ3v) is 5.63. The minimum Gasteiger partial charge on any atom is -0.481 e. The fourth-order valence-electron chi connectivity index (χ4n) is 2.81. The Bertz CT molecular complexity index is 758. The van der Waals surface area contributed by atoms with Crippen LogP contribution in [-0.2, 0) is 26.0 Å². The van der Waals surface area contributed by atoms with E-state index in [9.17, 15) is 18.0 Å². The first kappa shape index (κ1) is 15.0. The zero-order valence-corrected chi connectivity index (χ0v) is 12.8. The Morgan fingerprint density at radius 2 is 2.05 bits per heavy atom. The number of rotatable bonds is 4. The molecule has 0 bridgehead atoms. The van der Waals surface area contributed by atoms with Crippen molar-refractivity contribution in [3.05, 3.63) is 23.8 Å². The zero-order valence-electron chi connectivity index (χ0n) is 11.9. The first-order valence-corrected chi connectivity index (χ1v) is 8.44. The molecule has 1 aromatic carbocycles. The van der Waals surface area contributed by atoms with Gasteiger partial charge in [0.2, 0.25) is 15.9 Å². The van der Waals surface area contributed by atoms with E-state index in [1.807, 2.05) is 0 Å². The number of amides is 1. The van der Waals surface area contributed by atoms with Crippen molar-refractivity contribution in [2.24, 2.45) is 11.8 Å². The molecule has 0 spiro atoms. The number of carboxylic acid groups (broad SMARTS) is 1. The first-order valence-electron chi connectivity index (χ1n) is 6.96. The number of anilines is 1. The van der Waals surface area contributed by atoms with Gasteiger partial charge in [0.05, 0.1) is 16.7 Å². The molecule has 2 atom stereocenters. The number of benzene rings is 1. The summed E-state index contributed by atoms with van der Waals surface area (Å²) < 4.78 is 26.0. The van der Waals surface area contributed by atoms with E-state index in [4.69, 9.17) is 5.11 Å². The van der Waals surface area contributed by atoms with E-state index in [-0.39, 0.29) is 10.8 Å². The summed E-state index contributed by atoms with van der Waals surface area (Å²) in [5.74, 6) is -2.29. The van der Waals surface area contributed by atoms with E-state index in [0.29, 0.717) is 25.1 Å². The summed E-state index contributed by atoms with van der Waals surface area (Å²) in [5, 5.41) is 8.94. The summed E-state index contributed by atoms with van der Waals surface area (Å²) in [7, 11) is -2.25. The third kappa shape index (κ3) is 2.38. The van der Waals surface area contributed by atoms with Gasteiger partial charge < -0.3 is 10.0 Å². The molecule has 2 N–H and O–H groups in total. The molecular formula is C14H16N2O5S. The lowest BCUT2D eigenvalue weighted by atomic mass is 10.2. The summed E-state index contributed by atoms with van der Waals surface area (Å²) in [6, 6.07) is 4.69. The van der Waals surface area contributed by atoms with Crippen LogP contribution in [0.4, 0.5) is 5.69 Å². The van der Waals surface area contributed by atoms with Gasteiger partial charge in [-0.2, -0.15) is 0 Å². The molecule has 0 aromatic heterocycles. The van der Waals surface area contributed by atoms with Gasteiger partial charge in [-0.25, -0.2) is 13.1 Å². The Hall–Kier alpha value is -1.93. The van der Waals surface area contributed by atoms with Crippen molar-refractivity contribution in [1.29, 1.82) is 0 Å². The van der Waals surface area contributed by atoms with Crippen LogP contribution < -0.4 is 9.62 Å². The molecule has 0 radical (unpaired) electrons. The van der Waals surface area contributed by atoms with Crippen molar-refractivity contribution in [2.75, 3.05) is 18.5 Å². The molecule has 8 heteroatoms. The predicted octanol–water partition coefficient (Wildman–Crippen LogP) is 0.204. The highest BCUT2D eigenvalue weighted by Gasteiger charge is 2.50. The van der Waals surface area contributed by atoms with Crippen LogP contribution in [0.15, 0.2) is 23.1 Å². The molecule has 1 heterocycles. The summed E-state index contributed by atoms with van der Waals surface area (Å²) in [4.78, 5) is 24.9. The van der Waals surface area contributed by atoms with Gasteiger partial charge >= 0.3 is 5.97 Å². The van der Waals surface area contributed by atoms with Crippen LogP contribution >= 0.6 is 0 Å². The van der Waals surface area contributed by atoms with Crippen LogP contribution in [0.5, 0.6) is 0 Å². The predicted molar refractivity (Wildman–Crippen MR) is 78.0 cm³/mol. The lowest BCUT2D eigenvalue weighted by Gasteiger charge is -2.18. The number of carbonyl (C=O) groups is 2. The van der Waals surface area contributed by atoms with Crippen LogP contribution in [0.2, 0.25) is 0 Å². The second-order valence-corrected chi connectivity index (χ2v) is 7.41. The molecule has 1 aliphatic carbocycles. The number of nitrogens with one attached hydrogen (secondary N) is 1. The smallest absolute Gasteiger partial charge is 0.307 e. The fraction of sp³-hybridized carbons (Fsp3) is 0.429. The van der Waals surface area contributed by atoms with Crippen LogP contribution in [-0.4, -0.2) is 39.0 Å². The minimum absolute atomic E-state index is 0.0963. The van der Waals surface area contributed by atoms with Gasteiger partial charge in [-0.1, -0.05) is 6.07 Å². The summed E-state index contributed by atoms with van der Waals surface area (Å²) in [6.07, 6.45) is 1.000. The van der Waals surface area contributed by atoms with Gasteiger partial charge in [-0.15, -0.1) is 0 Å². The van der Waals surface area contributed by atoms with Crippen LogP contribution in [0, 0.1) is 11.8 Å². The number of aliphatic carboxylic acids is 1. The lowest BCUT2D eigenvalue weighted by Crippen LogP contribution is -2.31. The highest BCUT2D eigenvalue weighted by atomic mass is 32.2. The summed E-state index contributed by atoms with van der Waals surface area (Å²) >= 11 is 0. The fourth-order valence-corrected chi connectivity index (χ4v) is 3.56. The quantitative estimate of drug-likeness (QED) is 0.823. The highest BCUT2D eigenvalue weighted by Crippen LogP contribution is 2.42. The second kappa shape index (κ2) is 5.06. The van der Waals surface area contributed by atoms with Crippen molar-refractivity contribution in [3.63, 3.8) is 0 Å². The van der Waals surface area contributed by atoms with E-state index in [1.54, 1.807) is 6.07 Å². The average Bonchev–Trinajstić information content (AvgIpc) is 3.19. The van der Waals surface area contributed by atoms with E-state index in [1.165, 1.54) is 24.1 Å². The van der Waals surface area contributed by atoms with E-state index >= 15 is 0 Å². The van der Waals surface area contributed by atoms with Crippen molar-refractivity contribution in [2.45, 2.75) is 17.7 Å². The molecule has 1 saturated carbocycles. The molecule has 0 saturated heterocycles. The zero-order chi connectivity index (χ0) is 16.1. The number of fused-ring (bicyclic) bond motifs is 1. The van der Waals surface area contributed by atoms with Crippen molar-refractivity contribution < 1.29 is 23.1 Å². The second-order valence-electron chi connectivity index (χ2n) is 5.52. The molecule has 1 amide bonds. The van der Waals surface area contributed by atoms with Gasteiger partial charge in [-0.05, 0) is 37.6 Å². The van der Waals surface area contributed by atoms with Gasteiger partial charge in [0, 0.05) is 12.2 Å². The van der Waals surface area contributed by atoms with Crippen molar-refractivity contribution >= 4 is 27.6 Å². The Balaban J connectivity index is 1.89. The first-order chi connectivity index (χ1) is 10.3. The Morgan fingerprint density at radius 3 is 2.64 bits per heavy atom. The number of nitrogens with zero attached hydrogens (tertiary/aromatic N) is 1. The van der Waals surface area contributed by atoms with Crippen LogP contribution in [0.1, 0.15) is 12.0 Å². The Kier molecular flexibility index (Phi) is 3.45. The van der Waals surface area contributed by atoms with Gasteiger partial charge in [0.1, 0.15) is 0 Å². The van der Waals surface area contributed by atoms with E-state index in [0.717, 1.165) is 5.56 Å². The largest absolute Gasteiger partial charge is 0.481 e. The third-order valence-electron chi connectivity index (χ3n) is 4.22. The van der Waals surface area contributed by atoms with E-state index < -0.39 is 27.8 Å². The lowest BCUT2D eigenvalue weighted by molar-refractivity contribution is -0.140. The molecule has 1 aromatic rings. The number of hydrogen-bond donors (Lipinski definition) is 2. The average molecular weight is 324 g/mol. The molecule has 118 valence electrons. The van der Waals surface area contributed by atoms with Gasteiger partial charge in [-0.3, -0.25) is 9.59 Å². The number of hydrogen-bond acceptors (Lipinski definition) is 4. The topological polar surface area (TPSA) is 104 Å². The number of sulfonamides is 1. The van der Waals surface area contributed by atoms with Crippen molar-refractivity contribution in [1.82, 2.24) is 4.72 Å². The van der Waals surface area contributed by atoms with Crippen molar-refractivity contribution in [3.8, 4) is 0 Å². The minimum atomic E-state index is -3.58. The van der Waals surface area contributed by atoms with Crippen LogP contribution in [0.3, 0.4) is 0 Å². The number of carboxylic acids is 1. The monoisotopic (exact) mass is 324 g/mol. The molecule has 1 fully saturated rings. The van der Waals surface area contributed by atoms with Gasteiger partial charge in [0.15, 0.2) is 0 Å². The molecule has 3 rings (SSSR count). The maximum absolute atomic E-state index is 12.4. The summed E-state index contributed by atoms with van der Waals surface area (Å²) in [6.45, 7) is 0.458. The standard InChI is InChI=1S/C14H16N2O5S/c1-15-22(20,21)9-3-2-8-4-5-16(12(8)6-9)13(17)10-7-11(10)14(18)19/h2-3,6,10-11,15H,4-5,7H2,1H3,(H,18,19)/t10-,11+/m0/s1. The Morgan fingerprint density at radius 1 is 1.32 bits per heavy atom. The number of carbonyl (C=O) groups excluding carboxylic acids is 1. The Labute approximate surface area is 128 Å². The summed E-state index contributed by atoms with van der Waals surface area (Å²) in [5.41, 5.74) is 1.47. The molecule has 7 nitrogen and oxygen atoms in total. The van der Waals surface area contributed by atoms with E-state index in [2.05, 4.69) is 4.72 Å². The maximum Gasteiger partial charge on any atom is 0.307 e. The molecular weight excluding hydrogens is 308 g/mol. The molecule has 0 unspecified atom stereocenters.